The van der Waals surface area contributed by atoms with Crippen LogP contribution in [0.15, 0.2) is 0 Å². The molecule has 2 N–H and O–H groups in total. The summed E-state index contributed by atoms with van der Waals surface area (Å²) in [5.41, 5.74) is 5.66. The van der Waals surface area contributed by atoms with Crippen LogP contribution in [0.1, 0.15) is 33.6 Å². The Morgan fingerprint density at radius 1 is 1.39 bits per heavy atom. The highest BCUT2D eigenvalue weighted by molar-refractivity contribution is 5.84. The molecule has 1 unspecified atom stereocenters. The molecule has 5 nitrogen and oxygen atoms in total. The average Bonchev–Trinajstić information content (AvgIpc) is 3.10. The van der Waals surface area contributed by atoms with E-state index in [0.717, 1.165) is 12.8 Å². The monoisotopic (exact) mass is 256 g/mol. The predicted molar refractivity (Wildman–Crippen MR) is 68.8 cm³/mol. The second kappa shape index (κ2) is 6.73. The van der Waals surface area contributed by atoms with Gasteiger partial charge in [0, 0.05) is 12.6 Å². The first-order valence-corrected chi connectivity index (χ1v) is 6.67. The SMILES string of the molecule is CCOC(=O)CN(C(=O)C(CN)C(C)C)C1CC1. The highest BCUT2D eigenvalue weighted by Gasteiger charge is 2.37. The van der Waals surface area contributed by atoms with E-state index in [1.165, 1.54) is 0 Å². The van der Waals surface area contributed by atoms with Crippen molar-refractivity contribution in [2.75, 3.05) is 19.7 Å². The lowest BCUT2D eigenvalue weighted by Gasteiger charge is -2.27. The zero-order valence-corrected chi connectivity index (χ0v) is 11.5. The van der Waals surface area contributed by atoms with E-state index in [2.05, 4.69) is 0 Å². The molecule has 1 amide bonds. The molecule has 1 saturated carbocycles. The number of hydrogen-bond acceptors (Lipinski definition) is 4. The molecule has 1 rings (SSSR count). The fraction of sp³-hybridized carbons (Fsp3) is 0.846. The second-order valence-corrected chi connectivity index (χ2v) is 5.09. The van der Waals surface area contributed by atoms with Gasteiger partial charge in [0.25, 0.3) is 0 Å². The van der Waals surface area contributed by atoms with E-state index in [1.54, 1.807) is 11.8 Å². The Morgan fingerprint density at radius 3 is 2.39 bits per heavy atom. The Bertz CT molecular complexity index is 301. The Labute approximate surface area is 109 Å². The van der Waals surface area contributed by atoms with Gasteiger partial charge in [-0.05, 0) is 25.7 Å². The van der Waals surface area contributed by atoms with Gasteiger partial charge in [-0.3, -0.25) is 9.59 Å². The van der Waals surface area contributed by atoms with Gasteiger partial charge >= 0.3 is 5.97 Å². The van der Waals surface area contributed by atoms with Crippen LogP contribution in [0, 0.1) is 11.8 Å². The highest BCUT2D eigenvalue weighted by atomic mass is 16.5. The fourth-order valence-electron chi connectivity index (χ4n) is 1.99. The van der Waals surface area contributed by atoms with Crippen LogP contribution >= 0.6 is 0 Å². The maximum absolute atomic E-state index is 12.4. The number of ether oxygens (including phenoxy) is 1. The number of carbonyl (C=O) groups excluding carboxylic acids is 2. The molecule has 5 heteroatoms. The van der Waals surface area contributed by atoms with Crippen molar-refractivity contribution in [1.82, 2.24) is 4.90 Å². The molecule has 0 saturated heterocycles. The third-order valence-corrected chi connectivity index (χ3v) is 3.25. The quantitative estimate of drug-likeness (QED) is 0.683. The molecule has 0 radical (unpaired) electrons. The van der Waals surface area contributed by atoms with Gasteiger partial charge < -0.3 is 15.4 Å². The molecular formula is C13H24N2O3. The lowest BCUT2D eigenvalue weighted by atomic mass is 9.94. The number of hydrogen-bond donors (Lipinski definition) is 1. The van der Waals surface area contributed by atoms with Crippen LogP contribution in [0.3, 0.4) is 0 Å². The van der Waals surface area contributed by atoms with Crippen LogP contribution in [0.25, 0.3) is 0 Å². The lowest BCUT2D eigenvalue weighted by molar-refractivity contribution is -0.151. The van der Waals surface area contributed by atoms with Crippen molar-refractivity contribution in [2.45, 2.75) is 39.7 Å². The van der Waals surface area contributed by atoms with E-state index < -0.39 is 0 Å². The zero-order chi connectivity index (χ0) is 13.7. The van der Waals surface area contributed by atoms with Crippen molar-refractivity contribution in [3.8, 4) is 0 Å². The van der Waals surface area contributed by atoms with E-state index in [9.17, 15) is 9.59 Å². The largest absolute Gasteiger partial charge is 0.465 e. The number of amides is 1. The Morgan fingerprint density at radius 2 is 2.00 bits per heavy atom. The van der Waals surface area contributed by atoms with Crippen LogP contribution in [0.2, 0.25) is 0 Å². The molecule has 1 fully saturated rings. The van der Waals surface area contributed by atoms with Crippen LogP contribution in [0.4, 0.5) is 0 Å². The predicted octanol–water partition coefficient (Wildman–Crippen LogP) is 0.771. The van der Waals surface area contributed by atoms with E-state index in [0.29, 0.717) is 13.2 Å². The van der Waals surface area contributed by atoms with Gasteiger partial charge in [0.1, 0.15) is 6.54 Å². The summed E-state index contributed by atoms with van der Waals surface area (Å²) in [4.78, 5) is 25.5. The van der Waals surface area contributed by atoms with E-state index in [4.69, 9.17) is 10.5 Å². The lowest BCUT2D eigenvalue weighted by Crippen LogP contribution is -2.45. The van der Waals surface area contributed by atoms with Crippen molar-refractivity contribution < 1.29 is 14.3 Å². The number of nitrogens with zero attached hydrogens (tertiary/aromatic N) is 1. The third kappa shape index (κ3) is 3.98. The standard InChI is InChI=1S/C13H24N2O3/c1-4-18-12(16)8-15(10-5-6-10)13(17)11(7-14)9(2)3/h9-11H,4-8,14H2,1-3H3. The molecule has 0 heterocycles. The van der Waals surface area contributed by atoms with E-state index >= 15 is 0 Å². The Kier molecular flexibility index (Phi) is 5.59. The molecule has 0 aromatic heterocycles. The summed E-state index contributed by atoms with van der Waals surface area (Å²) in [5.74, 6) is -0.369. The molecule has 0 aromatic carbocycles. The maximum Gasteiger partial charge on any atom is 0.325 e. The Balaban J connectivity index is 2.66. The van der Waals surface area contributed by atoms with Crippen molar-refractivity contribution in [3.63, 3.8) is 0 Å². The molecule has 0 aliphatic heterocycles. The number of nitrogens with two attached hydrogens (primary N) is 1. The second-order valence-electron chi connectivity index (χ2n) is 5.09. The third-order valence-electron chi connectivity index (χ3n) is 3.25. The summed E-state index contributed by atoms with van der Waals surface area (Å²) in [6.07, 6.45) is 1.95. The van der Waals surface area contributed by atoms with Gasteiger partial charge in [0.15, 0.2) is 0 Å². The first-order valence-electron chi connectivity index (χ1n) is 6.67. The van der Waals surface area contributed by atoms with Gasteiger partial charge in [-0.15, -0.1) is 0 Å². The summed E-state index contributed by atoms with van der Waals surface area (Å²) in [6.45, 7) is 6.44. The van der Waals surface area contributed by atoms with Gasteiger partial charge in [-0.1, -0.05) is 13.8 Å². The first-order chi connectivity index (χ1) is 8.51. The topological polar surface area (TPSA) is 72.6 Å². The Hall–Kier alpha value is -1.10. The van der Waals surface area contributed by atoms with Crippen molar-refractivity contribution in [1.29, 1.82) is 0 Å². The summed E-state index contributed by atoms with van der Waals surface area (Å²) in [6, 6.07) is 0.203. The van der Waals surface area contributed by atoms with Crippen molar-refractivity contribution in [3.05, 3.63) is 0 Å². The summed E-state index contributed by atoms with van der Waals surface area (Å²) >= 11 is 0. The van der Waals surface area contributed by atoms with Gasteiger partial charge in [-0.2, -0.15) is 0 Å². The molecule has 0 spiro atoms. The summed E-state index contributed by atoms with van der Waals surface area (Å²) < 4.78 is 4.91. The van der Waals surface area contributed by atoms with Crippen LogP contribution in [-0.2, 0) is 14.3 Å². The zero-order valence-electron chi connectivity index (χ0n) is 11.5. The molecule has 0 bridgehead atoms. The minimum atomic E-state index is -0.336. The van der Waals surface area contributed by atoms with Crippen LogP contribution in [0.5, 0.6) is 0 Å². The number of carbonyl (C=O) groups is 2. The number of esters is 1. The smallest absolute Gasteiger partial charge is 0.325 e. The minimum Gasteiger partial charge on any atom is -0.465 e. The summed E-state index contributed by atoms with van der Waals surface area (Å²) in [7, 11) is 0. The van der Waals surface area contributed by atoms with Crippen LogP contribution in [-0.4, -0.2) is 42.5 Å². The fourth-order valence-corrected chi connectivity index (χ4v) is 1.99. The van der Waals surface area contributed by atoms with Gasteiger partial charge in [0.2, 0.25) is 5.91 Å². The van der Waals surface area contributed by atoms with Crippen LogP contribution < -0.4 is 5.73 Å². The van der Waals surface area contributed by atoms with E-state index in [-0.39, 0.29) is 36.3 Å². The molecule has 104 valence electrons. The molecule has 1 aliphatic carbocycles. The van der Waals surface area contributed by atoms with E-state index in [1.807, 2.05) is 13.8 Å². The molecular weight excluding hydrogens is 232 g/mol. The average molecular weight is 256 g/mol. The molecule has 1 atom stereocenters. The van der Waals surface area contributed by atoms with Crippen molar-refractivity contribution in [2.24, 2.45) is 17.6 Å². The van der Waals surface area contributed by atoms with Gasteiger partial charge in [-0.25, -0.2) is 0 Å². The summed E-state index contributed by atoms with van der Waals surface area (Å²) in [5, 5.41) is 0. The number of rotatable bonds is 7. The first kappa shape index (κ1) is 15.0. The molecule has 18 heavy (non-hydrogen) atoms. The van der Waals surface area contributed by atoms with Crippen molar-refractivity contribution >= 4 is 11.9 Å². The molecule has 0 aromatic rings. The molecule has 1 aliphatic rings. The van der Waals surface area contributed by atoms with Gasteiger partial charge in [0.05, 0.1) is 12.5 Å². The highest BCUT2D eigenvalue weighted by Crippen LogP contribution is 2.29. The normalized spacial score (nSPS) is 16.5. The maximum atomic E-state index is 12.4. The minimum absolute atomic E-state index is 0.0111.